The Balaban J connectivity index is 1.69. The van der Waals surface area contributed by atoms with Gasteiger partial charge in [0.15, 0.2) is 13.2 Å². The predicted molar refractivity (Wildman–Crippen MR) is 96.2 cm³/mol. The van der Waals surface area contributed by atoms with Gasteiger partial charge in [-0.2, -0.15) is 0 Å². The molecule has 138 valence electrons. The number of carbonyl (C=O) groups excluding carboxylic acids is 2. The Bertz CT molecular complexity index is 759. The smallest absolute Gasteiger partial charge is 0.276 e. The molecule has 7 nitrogen and oxygen atoms in total. The maximum atomic E-state index is 11.8. The standard InChI is InChI=1S/C19H22N2O5/c1-13-4-5-14(2)17(10-13)26-12-19(23)21-20-18(22)11-25-16-8-6-15(24-3)7-9-16/h4-10H,11-12H2,1-3H3,(H,20,22)(H,21,23). The van der Waals surface area contributed by atoms with Crippen LogP contribution in [0.5, 0.6) is 17.2 Å². The van der Waals surface area contributed by atoms with Crippen molar-refractivity contribution in [1.82, 2.24) is 10.9 Å². The highest BCUT2D eigenvalue weighted by atomic mass is 16.5. The lowest BCUT2D eigenvalue weighted by atomic mass is 10.1. The second kappa shape index (κ2) is 9.31. The van der Waals surface area contributed by atoms with Crippen LogP contribution in [0.3, 0.4) is 0 Å². The molecule has 2 aromatic rings. The summed E-state index contributed by atoms with van der Waals surface area (Å²) in [5.41, 5.74) is 6.52. The monoisotopic (exact) mass is 358 g/mol. The summed E-state index contributed by atoms with van der Waals surface area (Å²) in [7, 11) is 1.57. The average Bonchev–Trinajstić information content (AvgIpc) is 2.65. The molecule has 0 atom stereocenters. The summed E-state index contributed by atoms with van der Waals surface area (Å²) in [5.74, 6) is 0.891. The van der Waals surface area contributed by atoms with Gasteiger partial charge in [-0.15, -0.1) is 0 Å². The van der Waals surface area contributed by atoms with Gasteiger partial charge in [0.05, 0.1) is 7.11 Å². The fraction of sp³-hybridized carbons (Fsp3) is 0.263. The third-order valence-electron chi connectivity index (χ3n) is 3.47. The lowest BCUT2D eigenvalue weighted by molar-refractivity contribution is -0.131. The molecule has 0 radical (unpaired) electrons. The van der Waals surface area contributed by atoms with Gasteiger partial charge in [-0.05, 0) is 55.3 Å². The van der Waals surface area contributed by atoms with Crippen LogP contribution >= 0.6 is 0 Å². The number of hydrogen-bond donors (Lipinski definition) is 2. The minimum Gasteiger partial charge on any atom is -0.497 e. The van der Waals surface area contributed by atoms with Gasteiger partial charge in [0.25, 0.3) is 11.8 Å². The van der Waals surface area contributed by atoms with E-state index in [0.29, 0.717) is 17.2 Å². The van der Waals surface area contributed by atoms with E-state index in [1.165, 1.54) is 0 Å². The van der Waals surface area contributed by atoms with Crippen LogP contribution in [0.2, 0.25) is 0 Å². The lowest BCUT2D eigenvalue weighted by Crippen LogP contribution is -2.45. The minimum absolute atomic E-state index is 0.204. The van der Waals surface area contributed by atoms with E-state index in [1.54, 1.807) is 31.4 Å². The van der Waals surface area contributed by atoms with E-state index in [-0.39, 0.29) is 13.2 Å². The van der Waals surface area contributed by atoms with Crippen molar-refractivity contribution in [3.63, 3.8) is 0 Å². The van der Waals surface area contributed by atoms with Crippen LogP contribution in [0.4, 0.5) is 0 Å². The first-order chi connectivity index (χ1) is 12.5. The van der Waals surface area contributed by atoms with Gasteiger partial charge >= 0.3 is 0 Å². The molecule has 2 N–H and O–H groups in total. The zero-order valence-corrected chi connectivity index (χ0v) is 15.0. The summed E-state index contributed by atoms with van der Waals surface area (Å²) in [6.45, 7) is 3.40. The van der Waals surface area contributed by atoms with Crippen molar-refractivity contribution in [2.24, 2.45) is 0 Å². The first kappa shape index (κ1) is 19.1. The molecule has 0 saturated carbocycles. The second-order valence-electron chi connectivity index (χ2n) is 5.62. The SMILES string of the molecule is COc1ccc(OCC(=O)NNC(=O)COc2cc(C)ccc2C)cc1. The van der Waals surface area contributed by atoms with Gasteiger partial charge < -0.3 is 14.2 Å². The van der Waals surface area contributed by atoms with Crippen molar-refractivity contribution in [3.8, 4) is 17.2 Å². The third-order valence-corrected chi connectivity index (χ3v) is 3.47. The van der Waals surface area contributed by atoms with Crippen molar-refractivity contribution in [1.29, 1.82) is 0 Å². The molecule has 0 aliphatic carbocycles. The van der Waals surface area contributed by atoms with E-state index in [0.717, 1.165) is 11.1 Å². The molecular formula is C19H22N2O5. The van der Waals surface area contributed by atoms with Crippen LogP contribution in [0.25, 0.3) is 0 Å². The summed E-state index contributed by atoms with van der Waals surface area (Å²) in [6.07, 6.45) is 0. The van der Waals surface area contributed by atoms with Gasteiger partial charge in [-0.3, -0.25) is 20.4 Å². The molecular weight excluding hydrogens is 336 g/mol. The predicted octanol–water partition coefficient (Wildman–Crippen LogP) is 1.92. The first-order valence-corrected chi connectivity index (χ1v) is 8.02. The minimum atomic E-state index is -0.485. The van der Waals surface area contributed by atoms with Crippen molar-refractivity contribution >= 4 is 11.8 Å². The van der Waals surface area contributed by atoms with E-state index >= 15 is 0 Å². The highest BCUT2D eigenvalue weighted by Gasteiger charge is 2.08. The fourth-order valence-electron chi connectivity index (χ4n) is 2.04. The van der Waals surface area contributed by atoms with Gasteiger partial charge in [0.2, 0.25) is 0 Å². The number of hydrogen-bond acceptors (Lipinski definition) is 5. The zero-order valence-electron chi connectivity index (χ0n) is 15.0. The normalized spacial score (nSPS) is 9.96. The number of aryl methyl sites for hydroxylation is 2. The van der Waals surface area contributed by atoms with Crippen molar-refractivity contribution in [2.45, 2.75) is 13.8 Å². The number of methoxy groups -OCH3 is 1. The highest BCUT2D eigenvalue weighted by molar-refractivity contribution is 5.83. The van der Waals surface area contributed by atoms with E-state index in [4.69, 9.17) is 14.2 Å². The number of carbonyl (C=O) groups is 2. The van der Waals surface area contributed by atoms with Gasteiger partial charge in [0, 0.05) is 0 Å². The summed E-state index contributed by atoms with van der Waals surface area (Å²) in [6, 6.07) is 12.5. The second-order valence-corrected chi connectivity index (χ2v) is 5.62. The Labute approximate surface area is 152 Å². The molecule has 26 heavy (non-hydrogen) atoms. The van der Waals surface area contributed by atoms with Crippen LogP contribution in [0.15, 0.2) is 42.5 Å². The number of nitrogens with one attached hydrogen (secondary N) is 2. The van der Waals surface area contributed by atoms with Crippen molar-refractivity contribution in [2.75, 3.05) is 20.3 Å². The van der Waals surface area contributed by atoms with E-state index in [9.17, 15) is 9.59 Å². The van der Waals surface area contributed by atoms with Crippen molar-refractivity contribution in [3.05, 3.63) is 53.6 Å². The van der Waals surface area contributed by atoms with Gasteiger partial charge in [-0.1, -0.05) is 12.1 Å². The van der Waals surface area contributed by atoms with E-state index in [1.807, 2.05) is 32.0 Å². The fourth-order valence-corrected chi connectivity index (χ4v) is 2.04. The summed E-state index contributed by atoms with van der Waals surface area (Å²) >= 11 is 0. The Morgan fingerprint density at radius 1 is 0.846 bits per heavy atom. The summed E-state index contributed by atoms with van der Waals surface area (Å²) in [4.78, 5) is 23.5. The highest BCUT2D eigenvalue weighted by Crippen LogP contribution is 2.19. The van der Waals surface area contributed by atoms with Crippen LogP contribution in [-0.4, -0.2) is 32.1 Å². The zero-order chi connectivity index (χ0) is 18.9. The number of amides is 2. The molecule has 0 fully saturated rings. The Hall–Kier alpha value is -3.22. The molecule has 0 aromatic heterocycles. The number of benzene rings is 2. The molecule has 7 heteroatoms. The molecule has 0 aliphatic rings. The van der Waals surface area contributed by atoms with Crippen LogP contribution in [0.1, 0.15) is 11.1 Å². The van der Waals surface area contributed by atoms with Gasteiger partial charge in [0.1, 0.15) is 17.2 Å². The average molecular weight is 358 g/mol. The number of rotatable bonds is 7. The molecule has 0 bridgehead atoms. The van der Waals surface area contributed by atoms with Crippen LogP contribution < -0.4 is 25.1 Å². The maximum Gasteiger partial charge on any atom is 0.276 e. The number of ether oxygens (including phenoxy) is 3. The van der Waals surface area contributed by atoms with Gasteiger partial charge in [-0.25, -0.2) is 0 Å². The van der Waals surface area contributed by atoms with E-state index < -0.39 is 11.8 Å². The lowest BCUT2D eigenvalue weighted by Gasteiger charge is -2.11. The summed E-state index contributed by atoms with van der Waals surface area (Å²) in [5, 5.41) is 0. The van der Waals surface area contributed by atoms with Crippen LogP contribution in [0, 0.1) is 13.8 Å². The van der Waals surface area contributed by atoms with Crippen molar-refractivity contribution < 1.29 is 23.8 Å². The third kappa shape index (κ3) is 6.01. The van der Waals surface area contributed by atoms with E-state index in [2.05, 4.69) is 10.9 Å². The Morgan fingerprint density at radius 2 is 1.42 bits per heavy atom. The molecule has 2 rings (SSSR count). The Morgan fingerprint density at radius 3 is 2.04 bits per heavy atom. The molecule has 0 unspecified atom stereocenters. The summed E-state index contributed by atoms with van der Waals surface area (Å²) < 4.78 is 15.8. The molecule has 0 saturated heterocycles. The molecule has 2 aromatic carbocycles. The first-order valence-electron chi connectivity index (χ1n) is 8.02. The van der Waals surface area contributed by atoms with Crippen LogP contribution in [-0.2, 0) is 9.59 Å². The molecule has 2 amide bonds. The quantitative estimate of drug-likeness (QED) is 0.739. The maximum absolute atomic E-state index is 11.8. The molecule has 0 heterocycles. The number of hydrazine groups is 1. The molecule has 0 spiro atoms. The largest absolute Gasteiger partial charge is 0.497 e. The molecule has 0 aliphatic heterocycles. The topological polar surface area (TPSA) is 85.9 Å². The Kier molecular flexibility index (Phi) is 6.84.